The van der Waals surface area contributed by atoms with Crippen LogP contribution in [0.3, 0.4) is 0 Å². The van der Waals surface area contributed by atoms with Crippen LogP contribution in [0, 0.1) is 0 Å². The maximum atomic E-state index is 4.55. The molecule has 0 aliphatic rings. The van der Waals surface area contributed by atoms with E-state index in [0.717, 1.165) is 23.1 Å². The van der Waals surface area contributed by atoms with Gasteiger partial charge in [0.1, 0.15) is 5.82 Å². The lowest BCUT2D eigenvalue weighted by molar-refractivity contribution is 0.816. The highest BCUT2D eigenvalue weighted by molar-refractivity contribution is 7.13. The second-order valence-electron chi connectivity index (χ2n) is 4.02. The van der Waals surface area contributed by atoms with Crippen molar-refractivity contribution in [2.45, 2.75) is 26.7 Å². The van der Waals surface area contributed by atoms with Gasteiger partial charge in [-0.05, 0) is 12.8 Å². The lowest BCUT2D eigenvalue weighted by atomic mass is 10.1. The molecule has 1 N–H and O–H groups in total. The van der Waals surface area contributed by atoms with Crippen molar-refractivity contribution >= 4 is 17.2 Å². The zero-order valence-electron chi connectivity index (χ0n) is 10.3. The molecule has 0 spiro atoms. The summed E-state index contributed by atoms with van der Waals surface area (Å²) in [6.45, 7) is 7.17. The molecule has 0 aliphatic heterocycles. The van der Waals surface area contributed by atoms with Crippen LogP contribution in [0.15, 0.2) is 17.6 Å². The monoisotopic (exact) mass is 248 g/mol. The van der Waals surface area contributed by atoms with Gasteiger partial charge in [-0.25, -0.2) is 15.0 Å². The first-order valence-corrected chi connectivity index (χ1v) is 6.61. The highest BCUT2D eigenvalue weighted by Gasteiger charge is 2.10. The van der Waals surface area contributed by atoms with Crippen LogP contribution in [0.1, 0.15) is 32.4 Å². The molecule has 5 heteroatoms. The molecule has 0 atom stereocenters. The van der Waals surface area contributed by atoms with Crippen molar-refractivity contribution in [3.05, 3.63) is 23.3 Å². The first kappa shape index (κ1) is 12.0. The molecule has 2 heterocycles. The molecule has 0 bridgehead atoms. The maximum absolute atomic E-state index is 4.55. The van der Waals surface area contributed by atoms with Gasteiger partial charge in [0.2, 0.25) is 0 Å². The highest BCUT2D eigenvalue weighted by Crippen LogP contribution is 2.23. The fraction of sp³-hybridized carbons (Fsp3) is 0.417. The Morgan fingerprint density at radius 2 is 2.18 bits per heavy atom. The Bertz CT molecular complexity index is 479. The fourth-order valence-corrected chi connectivity index (χ4v) is 2.03. The lowest BCUT2D eigenvalue weighted by Gasteiger charge is -2.09. The van der Waals surface area contributed by atoms with Crippen molar-refractivity contribution < 1.29 is 0 Å². The number of rotatable bonds is 4. The molecule has 2 aromatic heterocycles. The summed E-state index contributed by atoms with van der Waals surface area (Å²) >= 11 is 1.56. The van der Waals surface area contributed by atoms with Crippen molar-refractivity contribution in [2.75, 3.05) is 11.9 Å². The van der Waals surface area contributed by atoms with Crippen molar-refractivity contribution in [1.82, 2.24) is 15.0 Å². The SMILES string of the molecule is CCNc1cc(C(C)C)nc(-c2nccs2)n1. The van der Waals surface area contributed by atoms with Crippen molar-refractivity contribution in [3.63, 3.8) is 0 Å². The van der Waals surface area contributed by atoms with Gasteiger partial charge in [0, 0.05) is 29.9 Å². The molecule has 90 valence electrons. The van der Waals surface area contributed by atoms with E-state index in [9.17, 15) is 0 Å². The molecule has 0 aromatic carbocycles. The average molecular weight is 248 g/mol. The minimum Gasteiger partial charge on any atom is -0.370 e. The van der Waals surface area contributed by atoms with E-state index in [1.54, 1.807) is 17.5 Å². The molecule has 2 rings (SSSR count). The van der Waals surface area contributed by atoms with E-state index in [1.807, 2.05) is 11.4 Å². The molecule has 0 unspecified atom stereocenters. The molecule has 0 saturated heterocycles. The zero-order valence-corrected chi connectivity index (χ0v) is 11.1. The first-order chi connectivity index (χ1) is 8.20. The predicted octanol–water partition coefficient (Wildman–Crippen LogP) is 3.16. The van der Waals surface area contributed by atoms with Crippen LogP contribution >= 0.6 is 11.3 Å². The molecule has 0 fully saturated rings. The molecular weight excluding hydrogens is 232 g/mol. The van der Waals surface area contributed by atoms with Gasteiger partial charge in [-0.15, -0.1) is 11.3 Å². The second-order valence-corrected chi connectivity index (χ2v) is 4.92. The van der Waals surface area contributed by atoms with Crippen LogP contribution in [0.25, 0.3) is 10.8 Å². The second kappa shape index (κ2) is 5.23. The topological polar surface area (TPSA) is 50.7 Å². The van der Waals surface area contributed by atoms with E-state index in [1.165, 1.54) is 0 Å². The normalized spacial score (nSPS) is 10.8. The standard InChI is InChI=1S/C12H16N4S/c1-4-13-10-7-9(8(2)3)15-11(16-10)12-14-5-6-17-12/h5-8H,4H2,1-3H3,(H,13,15,16). The van der Waals surface area contributed by atoms with Crippen LogP contribution in [0.4, 0.5) is 5.82 Å². The number of nitrogens with zero attached hydrogens (tertiary/aromatic N) is 3. The molecule has 2 aromatic rings. The van der Waals surface area contributed by atoms with Gasteiger partial charge in [0.25, 0.3) is 0 Å². The molecule has 0 amide bonds. The Morgan fingerprint density at radius 3 is 2.76 bits per heavy atom. The van der Waals surface area contributed by atoms with Gasteiger partial charge in [0.15, 0.2) is 10.8 Å². The third-order valence-electron chi connectivity index (χ3n) is 2.32. The van der Waals surface area contributed by atoms with Gasteiger partial charge >= 0.3 is 0 Å². The van der Waals surface area contributed by atoms with Gasteiger partial charge in [-0.3, -0.25) is 0 Å². The quantitative estimate of drug-likeness (QED) is 0.903. The molecule has 0 saturated carbocycles. The number of nitrogens with one attached hydrogen (secondary N) is 1. The Labute approximate surface area is 105 Å². The van der Waals surface area contributed by atoms with Gasteiger partial charge in [-0.2, -0.15) is 0 Å². The number of anilines is 1. The third-order valence-corrected chi connectivity index (χ3v) is 3.09. The van der Waals surface area contributed by atoms with Crippen LogP contribution in [0.5, 0.6) is 0 Å². The highest BCUT2D eigenvalue weighted by atomic mass is 32.1. The number of thiazole rings is 1. The zero-order chi connectivity index (χ0) is 12.3. The molecule has 0 radical (unpaired) electrons. The van der Waals surface area contributed by atoms with E-state index in [4.69, 9.17) is 0 Å². The predicted molar refractivity (Wildman–Crippen MR) is 71.4 cm³/mol. The Hall–Kier alpha value is -1.49. The summed E-state index contributed by atoms with van der Waals surface area (Å²) in [5.41, 5.74) is 1.04. The van der Waals surface area contributed by atoms with Gasteiger partial charge in [-0.1, -0.05) is 13.8 Å². The van der Waals surface area contributed by atoms with E-state index < -0.39 is 0 Å². The Kier molecular flexibility index (Phi) is 3.68. The van der Waals surface area contributed by atoms with Crippen molar-refractivity contribution in [1.29, 1.82) is 0 Å². The van der Waals surface area contributed by atoms with Crippen LogP contribution < -0.4 is 5.32 Å². The largest absolute Gasteiger partial charge is 0.370 e. The van der Waals surface area contributed by atoms with Crippen molar-refractivity contribution in [3.8, 4) is 10.8 Å². The Balaban J connectivity index is 2.44. The summed E-state index contributed by atoms with van der Waals surface area (Å²) in [6.07, 6.45) is 1.78. The maximum Gasteiger partial charge on any atom is 0.190 e. The smallest absolute Gasteiger partial charge is 0.190 e. The van der Waals surface area contributed by atoms with Crippen LogP contribution in [-0.4, -0.2) is 21.5 Å². The number of hydrogen-bond donors (Lipinski definition) is 1. The fourth-order valence-electron chi connectivity index (χ4n) is 1.46. The summed E-state index contributed by atoms with van der Waals surface area (Å²) < 4.78 is 0. The molecule has 0 aliphatic carbocycles. The molecule has 4 nitrogen and oxygen atoms in total. The van der Waals surface area contributed by atoms with E-state index in [0.29, 0.717) is 11.7 Å². The average Bonchev–Trinajstić information content (AvgIpc) is 2.82. The van der Waals surface area contributed by atoms with Gasteiger partial charge in [0.05, 0.1) is 0 Å². The van der Waals surface area contributed by atoms with Crippen LogP contribution in [-0.2, 0) is 0 Å². The lowest BCUT2D eigenvalue weighted by Crippen LogP contribution is -2.04. The van der Waals surface area contributed by atoms with E-state index >= 15 is 0 Å². The number of hydrogen-bond acceptors (Lipinski definition) is 5. The first-order valence-electron chi connectivity index (χ1n) is 5.73. The molecule has 17 heavy (non-hydrogen) atoms. The minimum atomic E-state index is 0.383. The summed E-state index contributed by atoms with van der Waals surface area (Å²) in [7, 11) is 0. The Morgan fingerprint density at radius 1 is 1.35 bits per heavy atom. The summed E-state index contributed by atoms with van der Waals surface area (Å²) in [5, 5.41) is 6.04. The summed E-state index contributed by atoms with van der Waals surface area (Å²) in [4.78, 5) is 13.3. The third kappa shape index (κ3) is 2.79. The summed E-state index contributed by atoms with van der Waals surface area (Å²) in [6, 6.07) is 2.01. The van der Waals surface area contributed by atoms with Gasteiger partial charge < -0.3 is 5.32 Å². The van der Waals surface area contributed by atoms with Crippen molar-refractivity contribution in [2.24, 2.45) is 0 Å². The molecular formula is C12H16N4S. The van der Waals surface area contributed by atoms with Crippen LogP contribution in [0.2, 0.25) is 0 Å². The van der Waals surface area contributed by atoms with E-state index in [-0.39, 0.29) is 0 Å². The minimum absolute atomic E-state index is 0.383. The van der Waals surface area contributed by atoms with E-state index in [2.05, 4.69) is 41.0 Å². The number of aromatic nitrogens is 3. The summed E-state index contributed by atoms with van der Waals surface area (Å²) in [5.74, 6) is 1.97.